The van der Waals surface area contributed by atoms with Crippen molar-refractivity contribution in [3.05, 3.63) is 33.8 Å². The van der Waals surface area contributed by atoms with E-state index in [1.165, 1.54) is 0 Å². The number of nitrogens with zero attached hydrogens (tertiary/aromatic N) is 1. The summed E-state index contributed by atoms with van der Waals surface area (Å²) in [5.41, 5.74) is 1.02. The number of ether oxygens (including phenoxy) is 1. The van der Waals surface area contributed by atoms with Crippen LogP contribution in [0.3, 0.4) is 0 Å². The van der Waals surface area contributed by atoms with Gasteiger partial charge in [0.1, 0.15) is 0 Å². The molecule has 0 amide bonds. The van der Waals surface area contributed by atoms with E-state index in [9.17, 15) is 9.90 Å². The highest BCUT2D eigenvalue weighted by molar-refractivity contribution is 6.42. The van der Waals surface area contributed by atoms with Crippen LogP contribution in [-0.4, -0.2) is 41.8 Å². The molecule has 116 valence electrons. The Balaban J connectivity index is 2.23. The zero-order chi connectivity index (χ0) is 15.6. The summed E-state index contributed by atoms with van der Waals surface area (Å²) >= 11 is 12.0. The molecular formula is C15H19Cl2NO3. The molecule has 3 atom stereocenters. The number of halogens is 2. The second-order valence-electron chi connectivity index (χ2n) is 5.23. The minimum atomic E-state index is -0.808. The highest BCUT2D eigenvalue weighted by Crippen LogP contribution is 2.32. The van der Waals surface area contributed by atoms with Gasteiger partial charge >= 0.3 is 5.97 Å². The van der Waals surface area contributed by atoms with E-state index in [0.717, 1.165) is 12.1 Å². The summed E-state index contributed by atoms with van der Waals surface area (Å²) in [6, 6.07) is 5.44. The van der Waals surface area contributed by atoms with E-state index in [0.29, 0.717) is 16.7 Å². The monoisotopic (exact) mass is 331 g/mol. The van der Waals surface area contributed by atoms with Gasteiger partial charge in [-0.15, -0.1) is 0 Å². The lowest BCUT2D eigenvalue weighted by molar-refractivity contribution is -0.143. The van der Waals surface area contributed by atoms with Crippen molar-refractivity contribution in [3.8, 4) is 0 Å². The lowest BCUT2D eigenvalue weighted by Crippen LogP contribution is -2.44. The minimum absolute atomic E-state index is 0.0401. The Morgan fingerprint density at radius 3 is 2.71 bits per heavy atom. The SMILES string of the molecule is CCN(C(C)c1ccc(Cl)c(Cl)c1)C1COCC1C(=O)O. The van der Waals surface area contributed by atoms with Crippen molar-refractivity contribution in [2.75, 3.05) is 19.8 Å². The van der Waals surface area contributed by atoms with Gasteiger partial charge < -0.3 is 9.84 Å². The molecule has 1 aliphatic rings. The van der Waals surface area contributed by atoms with E-state index in [1.54, 1.807) is 6.07 Å². The van der Waals surface area contributed by atoms with E-state index < -0.39 is 11.9 Å². The summed E-state index contributed by atoms with van der Waals surface area (Å²) in [7, 11) is 0. The quantitative estimate of drug-likeness (QED) is 0.897. The Hall–Kier alpha value is -0.810. The Labute approximate surface area is 134 Å². The van der Waals surface area contributed by atoms with Crippen LogP contribution in [0.1, 0.15) is 25.5 Å². The van der Waals surface area contributed by atoms with E-state index in [1.807, 2.05) is 26.0 Å². The maximum absolute atomic E-state index is 11.3. The second-order valence-corrected chi connectivity index (χ2v) is 6.04. The third-order valence-corrected chi connectivity index (χ3v) is 4.82. The van der Waals surface area contributed by atoms with Crippen molar-refractivity contribution < 1.29 is 14.6 Å². The standard InChI is InChI=1S/C15H19Cl2NO3/c1-3-18(14-8-21-7-11(14)15(19)20)9(2)10-4-5-12(16)13(17)6-10/h4-6,9,11,14H,3,7-8H2,1-2H3,(H,19,20). The van der Waals surface area contributed by atoms with Crippen molar-refractivity contribution in [2.24, 2.45) is 5.92 Å². The van der Waals surface area contributed by atoms with Gasteiger partial charge in [-0.1, -0.05) is 36.2 Å². The van der Waals surface area contributed by atoms with E-state index in [2.05, 4.69) is 4.90 Å². The molecule has 1 aromatic rings. The summed E-state index contributed by atoms with van der Waals surface area (Å²) in [6.07, 6.45) is 0. The van der Waals surface area contributed by atoms with Crippen molar-refractivity contribution in [1.29, 1.82) is 0 Å². The molecule has 21 heavy (non-hydrogen) atoms. The van der Waals surface area contributed by atoms with E-state index >= 15 is 0 Å². The Bertz CT molecular complexity index is 524. The molecule has 6 heteroatoms. The predicted molar refractivity (Wildman–Crippen MR) is 83.0 cm³/mol. The maximum Gasteiger partial charge on any atom is 0.310 e. The topological polar surface area (TPSA) is 49.8 Å². The molecule has 1 N–H and O–H groups in total. The van der Waals surface area contributed by atoms with Gasteiger partial charge in [0.05, 0.1) is 29.2 Å². The first-order valence-corrected chi connectivity index (χ1v) is 7.72. The molecule has 2 rings (SSSR count). The number of hydrogen-bond donors (Lipinski definition) is 1. The van der Waals surface area contributed by atoms with Crippen molar-refractivity contribution in [2.45, 2.75) is 25.9 Å². The molecule has 0 saturated carbocycles. The Kier molecular flexibility index (Phi) is 5.49. The first-order valence-electron chi connectivity index (χ1n) is 6.97. The zero-order valence-electron chi connectivity index (χ0n) is 12.1. The lowest BCUT2D eigenvalue weighted by Gasteiger charge is -2.35. The molecule has 1 aliphatic heterocycles. The summed E-state index contributed by atoms with van der Waals surface area (Å²) in [6.45, 7) is 5.51. The first kappa shape index (κ1) is 16.6. The number of rotatable bonds is 5. The number of hydrogen-bond acceptors (Lipinski definition) is 3. The normalized spacial score (nSPS) is 23.5. The van der Waals surface area contributed by atoms with Crippen LogP contribution in [0.25, 0.3) is 0 Å². The maximum atomic E-state index is 11.3. The summed E-state index contributed by atoms with van der Waals surface area (Å²) < 4.78 is 5.37. The number of benzene rings is 1. The predicted octanol–water partition coefficient (Wildman–Crippen LogP) is 3.48. The van der Waals surface area contributed by atoms with Crippen LogP contribution in [0.2, 0.25) is 10.0 Å². The molecule has 1 fully saturated rings. The Morgan fingerprint density at radius 1 is 1.43 bits per heavy atom. The van der Waals surface area contributed by atoms with Gasteiger partial charge in [0.25, 0.3) is 0 Å². The number of carboxylic acids is 1. The van der Waals surface area contributed by atoms with Crippen LogP contribution < -0.4 is 0 Å². The number of carbonyl (C=O) groups is 1. The largest absolute Gasteiger partial charge is 0.481 e. The smallest absolute Gasteiger partial charge is 0.310 e. The van der Waals surface area contributed by atoms with Gasteiger partial charge in [0.2, 0.25) is 0 Å². The molecule has 3 unspecified atom stereocenters. The molecule has 4 nitrogen and oxygen atoms in total. The zero-order valence-corrected chi connectivity index (χ0v) is 13.6. The van der Waals surface area contributed by atoms with Gasteiger partial charge in [-0.3, -0.25) is 9.69 Å². The van der Waals surface area contributed by atoms with Crippen molar-refractivity contribution in [3.63, 3.8) is 0 Å². The van der Waals surface area contributed by atoms with Gasteiger partial charge in [0, 0.05) is 12.1 Å². The van der Waals surface area contributed by atoms with Crippen molar-refractivity contribution in [1.82, 2.24) is 4.90 Å². The summed E-state index contributed by atoms with van der Waals surface area (Å²) in [5.74, 6) is -1.30. The van der Waals surface area contributed by atoms with Crippen LogP contribution in [0.4, 0.5) is 0 Å². The van der Waals surface area contributed by atoms with Crippen molar-refractivity contribution >= 4 is 29.2 Å². The second kappa shape index (κ2) is 6.97. The molecule has 0 aromatic heterocycles. The third-order valence-electron chi connectivity index (χ3n) is 4.08. The average molecular weight is 332 g/mol. The van der Waals surface area contributed by atoms with Crippen LogP contribution in [0, 0.1) is 5.92 Å². The highest BCUT2D eigenvalue weighted by Gasteiger charge is 2.39. The first-order chi connectivity index (χ1) is 9.95. The van der Waals surface area contributed by atoms with Gasteiger partial charge in [-0.25, -0.2) is 0 Å². The molecule has 1 saturated heterocycles. The fraction of sp³-hybridized carbons (Fsp3) is 0.533. The highest BCUT2D eigenvalue weighted by atomic mass is 35.5. The van der Waals surface area contributed by atoms with Crippen LogP contribution in [-0.2, 0) is 9.53 Å². The fourth-order valence-electron chi connectivity index (χ4n) is 2.87. The van der Waals surface area contributed by atoms with E-state index in [4.69, 9.17) is 27.9 Å². The van der Waals surface area contributed by atoms with E-state index in [-0.39, 0.29) is 18.7 Å². The molecular weight excluding hydrogens is 313 g/mol. The molecule has 0 spiro atoms. The van der Waals surface area contributed by atoms with Gasteiger partial charge in [-0.2, -0.15) is 0 Å². The molecule has 0 radical (unpaired) electrons. The molecule has 1 heterocycles. The Morgan fingerprint density at radius 2 is 2.14 bits per heavy atom. The summed E-state index contributed by atoms with van der Waals surface area (Å²) in [4.78, 5) is 13.5. The van der Waals surface area contributed by atoms with Crippen LogP contribution >= 0.6 is 23.2 Å². The number of carboxylic acid groups (broad SMARTS) is 1. The number of likely N-dealkylation sites (N-methyl/N-ethyl adjacent to an activating group) is 1. The van der Waals surface area contributed by atoms with Crippen LogP contribution in [0.5, 0.6) is 0 Å². The minimum Gasteiger partial charge on any atom is -0.481 e. The third kappa shape index (κ3) is 3.51. The fourth-order valence-corrected chi connectivity index (χ4v) is 3.17. The molecule has 0 aliphatic carbocycles. The van der Waals surface area contributed by atoms with Gasteiger partial charge in [0.15, 0.2) is 0 Å². The average Bonchev–Trinajstić information content (AvgIpc) is 2.92. The lowest BCUT2D eigenvalue weighted by atomic mass is 9.98. The molecule has 0 bridgehead atoms. The number of aliphatic carboxylic acids is 1. The molecule has 1 aromatic carbocycles. The van der Waals surface area contributed by atoms with Gasteiger partial charge in [-0.05, 0) is 31.2 Å². The van der Waals surface area contributed by atoms with Crippen LogP contribution in [0.15, 0.2) is 18.2 Å². The summed E-state index contributed by atoms with van der Waals surface area (Å²) in [5, 5.41) is 10.3.